The number of hydrogen-bond donors (Lipinski definition) is 2. The van der Waals surface area contributed by atoms with Gasteiger partial charge in [0.05, 0.1) is 9.79 Å². The molecule has 0 fully saturated rings. The molecule has 0 unspecified atom stereocenters. The van der Waals surface area contributed by atoms with E-state index in [9.17, 15) is 31.6 Å². The fourth-order valence-corrected chi connectivity index (χ4v) is 5.67. The Morgan fingerprint density at radius 2 is 1.06 bits per heavy atom. The standard InChI is InChI=1S/2C18H22O5S.Ca/c2*1-2-3-4-5-6-14-7-12-18(17(19)13-14)23-15-8-10-16(11-9-15)24(20,21)22;/h2*7-13,19H,2-6H2,1H3,(H,20,21,22);/q;;+2/p-2. The number of benzene rings is 4. The molecule has 0 amide bonds. The second kappa shape index (κ2) is 20.7. The molecule has 49 heavy (non-hydrogen) atoms. The van der Waals surface area contributed by atoms with Crippen molar-refractivity contribution >= 4 is 58.0 Å². The summed E-state index contributed by atoms with van der Waals surface area (Å²) in [5.74, 6) is 0.964. The average molecular weight is 739 g/mol. The van der Waals surface area contributed by atoms with Crippen molar-refractivity contribution in [1.82, 2.24) is 0 Å². The first kappa shape index (κ1) is 42.3. The molecule has 2 N–H and O–H groups in total. The van der Waals surface area contributed by atoms with Gasteiger partial charge in [0, 0.05) is 0 Å². The van der Waals surface area contributed by atoms with Gasteiger partial charge in [0.25, 0.3) is 10.1 Å². The fourth-order valence-electron chi connectivity index (χ4n) is 4.72. The molecule has 13 heteroatoms. The number of phenols is 1. The van der Waals surface area contributed by atoms with Gasteiger partial charge in [-0.1, -0.05) is 76.3 Å². The minimum atomic E-state index is -4.49. The summed E-state index contributed by atoms with van der Waals surface area (Å²) in [5, 5.41) is 22.2. The average Bonchev–Trinajstić information content (AvgIpc) is 3.04. The zero-order valence-corrected chi connectivity index (χ0v) is 31.7. The van der Waals surface area contributed by atoms with Gasteiger partial charge < -0.3 is 24.2 Å². The van der Waals surface area contributed by atoms with Crippen LogP contribution in [0.25, 0.3) is 0 Å². The molecule has 0 heterocycles. The fraction of sp³-hybridized carbons (Fsp3) is 0.333. The first-order chi connectivity index (χ1) is 22.8. The number of phenolic OH excluding ortho intramolecular Hbond substituents is 1. The second-order valence-corrected chi connectivity index (χ2v) is 14.1. The number of unbranched alkanes of at least 4 members (excludes halogenated alkanes) is 6. The summed E-state index contributed by atoms with van der Waals surface area (Å²) in [6, 6.07) is 20.7. The van der Waals surface area contributed by atoms with Crippen LogP contribution in [0, 0.1) is 0 Å². The van der Waals surface area contributed by atoms with Crippen molar-refractivity contribution in [3.05, 3.63) is 96.1 Å². The van der Waals surface area contributed by atoms with Crippen LogP contribution in [0.2, 0.25) is 0 Å². The van der Waals surface area contributed by atoms with E-state index in [4.69, 9.17) is 14.0 Å². The first-order valence-electron chi connectivity index (χ1n) is 15.9. The maximum atomic E-state index is 12.1. The maximum Gasteiger partial charge on any atom is 2.00 e. The van der Waals surface area contributed by atoms with Gasteiger partial charge in [-0.2, -0.15) is 8.42 Å². The minimum Gasteiger partial charge on any atom is -0.870 e. The molecule has 10 nitrogen and oxygen atoms in total. The predicted molar refractivity (Wildman–Crippen MR) is 186 cm³/mol. The van der Waals surface area contributed by atoms with Crippen molar-refractivity contribution in [2.24, 2.45) is 0 Å². The van der Waals surface area contributed by atoms with E-state index in [0.29, 0.717) is 17.2 Å². The maximum absolute atomic E-state index is 12.1. The molecule has 0 aliphatic heterocycles. The van der Waals surface area contributed by atoms with Crippen molar-refractivity contribution in [1.29, 1.82) is 0 Å². The van der Waals surface area contributed by atoms with E-state index < -0.39 is 20.2 Å². The molecule has 260 valence electrons. The molecule has 4 aromatic carbocycles. The minimum absolute atomic E-state index is 0. The molecule has 0 bridgehead atoms. The van der Waals surface area contributed by atoms with Gasteiger partial charge in [-0.3, -0.25) is 4.55 Å². The largest absolute Gasteiger partial charge is 2.00 e. The number of aromatic hydroxyl groups is 1. The Hall–Kier alpha value is -2.84. The summed E-state index contributed by atoms with van der Waals surface area (Å²) >= 11 is 0. The Kier molecular flexibility index (Phi) is 17.9. The van der Waals surface area contributed by atoms with Crippen LogP contribution in [0.5, 0.6) is 34.5 Å². The van der Waals surface area contributed by atoms with Gasteiger partial charge in [0.2, 0.25) is 0 Å². The molecule has 4 rings (SSSR count). The Labute approximate surface area is 319 Å². The number of ether oxygens (including phenoxy) is 2. The van der Waals surface area contributed by atoms with Crippen LogP contribution in [0.3, 0.4) is 0 Å². The zero-order chi connectivity index (χ0) is 35.2. The van der Waals surface area contributed by atoms with Gasteiger partial charge in [-0.25, -0.2) is 8.42 Å². The quantitative estimate of drug-likeness (QED) is 0.0657. The van der Waals surface area contributed by atoms with Crippen molar-refractivity contribution in [3.63, 3.8) is 0 Å². The second-order valence-electron chi connectivity index (χ2n) is 11.3. The van der Waals surface area contributed by atoms with Crippen molar-refractivity contribution in [2.45, 2.75) is 87.8 Å². The van der Waals surface area contributed by atoms with Crippen LogP contribution in [0.15, 0.2) is 94.7 Å². The Bertz CT molecular complexity index is 1680. The summed E-state index contributed by atoms with van der Waals surface area (Å²) in [5.41, 5.74) is 2.04. The number of rotatable bonds is 16. The normalized spacial score (nSPS) is 11.2. The smallest absolute Gasteiger partial charge is 0.870 e. The van der Waals surface area contributed by atoms with Crippen LogP contribution in [0.1, 0.15) is 76.3 Å². The van der Waals surface area contributed by atoms with Gasteiger partial charge in [0.1, 0.15) is 27.4 Å². The number of hydrogen-bond acceptors (Lipinski definition) is 9. The third-order valence-corrected chi connectivity index (χ3v) is 9.08. The van der Waals surface area contributed by atoms with Gasteiger partial charge >= 0.3 is 37.7 Å². The van der Waals surface area contributed by atoms with E-state index in [-0.39, 0.29) is 64.8 Å². The van der Waals surface area contributed by atoms with Crippen LogP contribution < -0.4 is 14.6 Å². The molecule has 4 aromatic rings. The van der Waals surface area contributed by atoms with E-state index in [1.807, 2.05) is 12.1 Å². The molecular formula is C36H42CaO10S2. The predicted octanol–water partition coefficient (Wildman–Crippen LogP) is 7.75. The zero-order valence-electron chi connectivity index (χ0n) is 27.8. The van der Waals surface area contributed by atoms with Gasteiger partial charge in [-0.15, -0.1) is 0 Å². The summed E-state index contributed by atoms with van der Waals surface area (Å²) in [7, 11) is -8.71. The van der Waals surface area contributed by atoms with E-state index in [1.165, 1.54) is 68.5 Å². The van der Waals surface area contributed by atoms with Crippen LogP contribution in [-0.2, 0) is 33.1 Å². The van der Waals surface area contributed by atoms with E-state index >= 15 is 0 Å². The van der Waals surface area contributed by atoms with Gasteiger partial charge in [0.15, 0.2) is 11.5 Å². The topological polar surface area (TPSA) is 173 Å². The molecule has 0 radical (unpaired) electrons. The van der Waals surface area contributed by atoms with Crippen molar-refractivity contribution in [2.75, 3.05) is 0 Å². The summed E-state index contributed by atoms with van der Waals surface area (Å²) in [6.45, 7) is 4.32. The van der Waals surface area contributed by atoms with Crippen LogP contribution >= 0.6 is 0 Å². The molecule has 0 aliphatic rings. The molecule has 0 saturated carbocycles. The molecule has 0 aliphatic carbocycles. The monoisotopic (exact) mass is 738 g/mol. The van der Waals surface area contributed by atoms with E-state index in [2.05, 4.69) is 13.8 Å². The van der Waals surface area contributed by atoms with Crippen LogP contribution in [0.4, 0.5) is 0 Å². The van der Waals surface area contributed by atoms with E-state index in [0.717, 1.165) is 55.4 Å². The molecule has 0 atom stereocenters. The van der Waals surface area contributed by atoms with Crippen LogP contribution in [-0.4, -0.2) is 68.8 Å². The molecular weight excluding hydrogens is 697 g/mol. The Morgan fingerprint density at radius 3 is 1.49 bits per heavy atom. The Morgan fingerprint density at radius 1 is 0.612 bits per heavy atom. The summed E-state index contributed by atoms with van der Waals surface area (Å²) in [6.07, 6.45) is 11.0. The Balaban J connectivity index is 0.000000333. The third kappa shape index (κ3) is 14.9. The summed E-state index contributed by atoms with van der Waals surface area (Å²) < 4.78 is 74.6. The number of aryl methyl sites for hydroxylation is 2. The molecule has 0 aromatic heterocycles. The third-order valence-electron chi connectivity index (χ3n) is 7.36. The SMILES string of the molecule is CCCCCCc1ccc(Oc2ccc(S(=O)(=O)O)cc2)c(O)c1.CCCCCCc1ccc(Oc2ccc(S(=O)(=O)[O-])cc2)c([O-])c1.[Ca+2]. The van der Waals surface area contributed by atoms with Crippen molar-refractivity contribution < 1.29 is 45.6 Å². The van der Waals surface area contributed by atoms with E-state index in [1.54, 1.807) is 24.3 Å². The molecule has 0 spiro atoms. The molecule has 0 saturated heterocycles. The van der Waals surface area contributed by atoms with Crippen molar-refractivity contribution in [3.8, 4) is 34.5 Å². The van der Waals surface area contributed by atoms with Gasteiger partial charge in [-0.05, 0) is 104 Å². The first-order valence-corrected chi connectivity index (χ1v) is 18.8. The summed E-state index contributed by atoms with van der Waals surface area (Å²) in [4.78, 5) is -0.541.